The van der Waals surface area contributed by atoms with Crippen LogP contribution in [-0.4, -0.2) is 39.6 Å². The molecular weight excluding hydrogens is 375 g/mol. The van der Waals surface area contributed by atoms with Crippen molar-refractivity contribution in [2.75, 3.05) is 13.7 Å². The summed E-state index contributed by atoms with van der Waals surface area (Å²) < 4.78 is 18.8. The van der Waals surface area contributed by atoms with Crippen LogP contribution in [0.1, 0.15) is 34.6 Å². The lowest BCUT2D eigenvalue weighted by molar-refractivity contribution is 0.0948. The molecule has 29 heavy (non-hydrogen) atoms. The number of ether oxygens (including phenoxy) is 1. The molecule has 0 bridgehead atoms. The molecule has 1 aromatic carbocycles. The molecule has 0 radical (unpaired) electrons. The number of carbonyl (C=O) groups excluding carboxylic acids is 1. The number of amides is 1. The van der Waals surface area contributed by atoms with Crippen molar-refractivity contribution in [3.05, 3.63) is 71.7 Å². The van der Waals surface area contributed by atoms with Crippen LogP contribution in [0, 0.1) is 5.95 Å². The van der Waals surface area contributed by atoms with Gasteiger partial charge in [-0.2, -0.15) is 4.39 Å². The molecule has 0 fully saturated rings. The summed E-state index contributed by atoms with van der Waals surface area (Å²) in [6.45, 7) is 1.90. The Bertz CT molecular complexity index is 993. The molecule has 0 aliphatic heterocycles. The topological polar surface area (TPSA) is 97.2 Å². The van der Waals surface area contributed by atoms with E-state index < -0.39 is 18.0 Å². The summed E-state index contributed by atoms with van der Waals surface area (Å²) in [4.78, 5) is 24.4. The van der Waals surface area contributed by atoms with Gasteiger partial charge >= 0.3 is 0 Å². The predicted octanol–water partition coefficient (Wildman–Crippen LogP) is 2.71. The number of hydrogen-bond acceptors (Lipinski definition) is 6. The van der Waals surface area contributed by atoms with E-state index >= 15 is 0 Å². The number of pyridine rings is 1. The first-order valence-electron chi connectivity index (χ1n) is 9.05. The van der Waals surface area contributed by atoms with Crippen LogP contribution in [-0.2, 0) is 6.42 Å². The van der Waals surface area contributed by atoms with Crippen molar-refractivity contribution in [1.82, 2.24) is 20.3 Å². The van der Waals surface area contributed by atoms with Gasteiger partial charge in [-0.3, -0.25) is 9.78 Å². The van der Waals surface area contributed by atoms with E-state index in [9.17, 15) is 14.3 Å². The van der Waals surface area contributed by atoms with Gasteiger partial charge in [0.1, 0.15) is 11.4 Å². The lowest BCUT2D eigenvalue weighted by Crippen LogP contribution is -2.27. The van der Waals surface area contributed by atoms with E-state index in [-0.39, 0.29) is 18.7 Å². The summed E-state index contributed by atoms with van der Waals surface area (Å²) in [5.41, 5.74) is 2.61. The number of aliphatic hydroxyl groups excluding tert-OH is 1. The van der Waals surface area contributed by atoms with Crippen LogP contribution in [0.2, 0.25) is 0 Å². The highest BCUT2D eigenvalue weighted by Crippen LogP contribution is 2.20. The number of benzene rings is 1. The molecule has 0 aliphatic carbocycles. The van der Waals surface area contributed by atoms with Gasteiger partial charge in [-0.25, -0.2) is 9.97 Å². The number of methoxy groups -OCH3 is 1. The zero-order valence-corrected chi connectivity index (χ0v) is 16.1. The third-order valence-electron chi connectivity index (χ3n) is 4.36. The smallest absolute Gasteiger partial charge is 0.271 e. The van der Waals surface area contributed by atoms with Crippen molar-refractivity contribution in [2.24, 2.45) is 0 Å². The molecule has 2 aromatic heterocycles. The fourth-order valence-electron chi connectivity index (χ4n) is 2.71. The molecule has 8 heteroatoms. The van der Waals surface area contributed by atoms with E-state index in [1.165, 1.54) is 19.5 Å². The molecule has 0 spiro atoms. The van der Waals surface area contributed by atoms with Crippen molar-refractivity contribution < 1.29 is 19.0 Å². The molecule has 1 atom stereocenters. The molecule has 0 saturated carbocycles. The fraction of sp³-hybridized carbons (Fsp3) is 0.238. The van der Waals surface area contributed by atoms with Crippen molar-refractivity contribution in [3.8, 4) is 17.0 Å². The van der Waals surface area contributed by atoms with Gasteiger partial charge in [0.15, 0.2) is 0 Å². The highest BCUT2D eigenvalue weighted by Gasteiger charge is 2.11. The first-order valence-corrected chi connectivity index (χ1v) is 9.05. The van der Waals surface area contributed by atoms with Gasteiger partial charge < -0.3 is 15.2 Å². The third kappa shape index (κ3) is 5.11. The van der Waals surface area contributed by atoms with Crippen LogP contribution < -0.4 is 10.1 Å². The molecule has 1 unspecified atom stereocenters. The van der Waals surface area contributed by atoms with Crippen molar-refractivity contribution in [1.29, 1.82) is 0 Å². The van der Waals surface area contributed by atoms with Crippen LogP contribution in [0.15, 0.2) is 48.9 Å². The summed E-state index contributed by atoms with van der Waals surface area (Å²) in [5.74, 6) is -0.549. The van der Waals surface area contributed by atoms with E-state index in [2.05, 4.69) is 20.3 Å². The number of carbonyl (C=O) groups is 1. The number of aliphatic hydroxyl groups is 1. The number of halogens is 1. The maximum absolute atomic E-state index is 13.8. The van der Waals surface area contributed by atoms with Crippen LogP contribution in [0.4, 0.5) is 4.39 Å². The first-order chi connectivity index (χ1) is 14.0. The van der Waals surface area contributed by atoms with Crippen LogP contribution >= 0.6 is 0 Å². The Hall–Kier alpha value is -3.39. The number of hydrogen-bond donors (Lipinski definition) is 2. The Labute approximate surface area is 167 Å². The third-order valence-corrected chi connectivity index (χ3v) is 4.36. The minimum absolute atomic E-state index is 0.159. The molecule has 0 saturated heterocycles. The van der Waals surface area contributed by atoms with Gasteiger partial charge in [-0.15, -0.1) is 0 Å². The fourth-order valence-corrected chi connectivity index (χ4v) is 2.71. The minimum atomic E-state index is -0.595. The average Bonchev–Trinajstić information content (AvgIpc) is 2.75. The summed E-state index contributed by atoms with van der Waals surface area (Å²) >= 11 is 0. The van der Waals surface area contributed by atoms with Gasteiger partial charge in [0, 0.05) is 17.7 Å². The molecule has 1 amide bonds. The van der Waals surface area contributed by atoms with E-state index in [4.69, 9.17) is 4.74 Å². The zero-order chi connectivity index (χ0) is 20.8. The van der Waals surface area contributed by atoms with E-state index in [1.807, 2.05) is 12.1 Å². The number of aromatic nitrogens is 3. The molecule has 7 nitrogen and oxygen atoms in total. The van der Waals surface area contributed by atoms with Crippen LogP contribution in [0.3, 0.4) is 0 Å². The molecule has 3 aromatic rings. The van der Waals surface area contributed by atoms with Gasteiger partial charge in [-0.05, 0) is 25.0 Å². The molecule has 3 rings (SSSR count). The Balaban J connectivity index is 1.65. The van der Waals surface area contributed by atoms with Gasteiger partial charge in [0.25, 0.3) is 5.91 Å². The predicted molar refractivity (Wildman–Crippen MR) is 105 cm³/mol. The van der Waals surface area contributed by atoms with Crippen molar-refractivity contribution >= 4 is 5.91 Å². The summed E-state index contributed by atoms with van der Waals surface area (Å²) in [5, 5.41) is 12.3. The van der Waals surface area contributed by atoms with Crippen LogP contribution in [0.25, 0.3) is 11.3 Å². The van der Waals surface area contributed by atoms with E-state index in [0.29, 0.717) is 17.0 Å². The summed E-state index contributed by atoms with van der Waals surface area (Å²) in [6, 6.07) is 8.76. The van der Waals surface area contributed by atoms with Gasteiger partial charge in [-0.1, -0.05) is 24.3 Å². The SMILES string of the molecule is COc1cnc(F)c(CCNC(=O)c2cncc(-c3ccc(C(C)O)cc3)n2)c1. The lowest BCUT2D eigenvalue weighted by atomic mass is 10.1. The number of rotatable bonds is 7. The maximum Gasteiger partial charge on any atom is 0.271 e. The molecule has 150 valence electrons. The number of nitrogens with one attached hydrogen (secondary N) is 1. The Morgan fingerprint density at radius 2 is 2.00 bits per heavy atom. The van der Waals surface area contributed by atoms with Crippen molar-refractivity contribution in [2.45, 2.75) is 19.4 Å². The summed E-state index contributed by atoms with van der Waals surface area (Å²) in [6.07, 6.45) is 3.93. The summed E-state index contributed by atoms with van der Waals surface area (Å²) in [7, 11) is 1.48. The monoisotopic (exact) mass is 396 g/mol. The van der Waals surface area contributed by atoms with Crippen molar-refractivity contribution in [3.63, 3.8) is 0 Å². The molecule has 2 N–H and O–H groups in total. The molecule has 2 heterocycles. The standard InChI is InChI=1S/C21H21FN4O3/c1-13(27)14-3-5-15(6-4-14)18-11-23-12-19(26-18)21(28)24-8-7-16-9-17(29-2)10-25-20(16)22/h3-6,9-13,27H,7-8H2,1-2H3,(H,24,28). The first kappa shape index (κ1) is 20.3. The van der Waals surface area contributed by atoms with Gasteiger partial charge in [0.2, 0.25) is 5.95 Å². The maximum atomic E-state index is 13.8. The Kier molecular flexibility index (Phi) is 6.46. The molecule has 0 aliphatic rings. The molecular formula is C21H21FN4O3. The second-order valence-electron chi connectivity index (χ2n) is 6.42. The average molecular weight is 396 g/mol. The lowest BCUT2D eigenvalue weighted by Gasteiger charge is -2.08. The van der Waals surface area contributed by atoms with E-state index in [0.717, 1.165) is 11.1 Å². The minimum Gasteiger partial charge on any atom is -0.495 e. The Morgan fingerprint density at radius 1 is 1.24 bits per heavy atom. The highest BCUT2D eigenvalue weighted by atomic mass is 19.1. The highest BCUT2D eigenvalue weighted by molar-refractivity contribution is 5.92. The number of nitrogens with zero attached hydrogens (tertiary/aromatic N) is 3. The Morgan fingerprint density at radius 3 is 2.69 bits per heavy atom. The quantitative estimate of drug-likeness (QED) is 0.596. The largest absolute Gasteiger partial charge is 0.495 e. The second-order valence-corrected chi connectivity index (χ2v) is 6.42. The van der Waals surface area contributed by atoms with E-state index in [1.54, 1.807) is 31.3 Å². The second kappa shape index (κ2) is 9.20. The normalized spacial score (nSPS) is 11.7. The van der Waals surface area contributed by atoms with Crippen LogP contribution in [0.5, 0.6) is 5.75 Å². The van der Waals surface area contributed by atoms with Gasteiger partial charge in [0.05, 0.1) is 37.5 Å². The zero-order valence-electron chi connectivity index (χ0n) is 16.1.